The summed E-state index contributed by atoms with van der Waals surface area (Å²) in [6.07, 6.45) is 0.384. The highest BCUT2D eigenvalue weighted by Crippen LogP contribution is 2.65. The summed E-state index contributed by atoms with van der Waals surface area (Å²) in [4.78, 5) is 11.3. The van der Waals surface area contributed by atoms with Crippen LogP contribution in [0.25, 0.3) is 0 Å². The van der Waals surface area contributed by atoms with E-state index in [1.807, 2.05) is 30.3 Å². The SMILES string of the molecule is O=C(Cl)C1(c2ccccc2)CC1(Cl)Cl. The molecule has 2 rings (SSSR count). The molecule has 0 aliphatic heterocycles. The highest BCUT2D eigenvalue weighted by atomic mass is 35.5. The number of hydrogen-bond acceptors (Lipinski definition) is 1. The first-order valence-electron chi connectivity index (χ1n) is 4.14. The average molecular weight is 250 g/mol. The zero-order valence-electron chi connectivity index (χ0n) is 7.14. The molecule has 74 valence electrons. The topological polar surface area (TPSA) is 17.1 Å². The predicted octanol–water partition coefficient (Wildman–Crippen LogP) is 3.27. The predicted molar refractivity (Wildman–Crippen MR) is 58.0 cm³/mol. The van der Waals surface area contributed by atoms with Crippen LogP contribution in [0.1, 0.15) is 12.0 Å². The second kappa shape index (κ2) is 3.13. The number of alkyl halides is 2. The molecule has 0 aromatic heterocycles. The van der Waals surface area contributed by atoms with Crippen molar-refractivity contribution >= 4 is 40.0 Å². The molecule has 0 N–H and O–H groups in total. The third kappa shape index (κ3) is 1.27. The Hall–Kier alpha value is -0.240. The van der Waals surface area contributed by atoms with Crippen LogP contribution in [0.5, 0.6) is 0 Å². The first-order valence-corrected chi connectivity index (χ1v) is 5.27. The van der Waals surface area contributed by atoms with E-state index < -0.39 is 15.0 Å². The van der Waals surface area contributed by atoms with Crippen LogP contribution < -0.4 is 0 Å². The van der Waals surface area contributed by atoms with Gasteiger partial charge in [0, 0.05) is 6.42 Å². The highest BCUT2D eigenvalue weighted by Gasteiger charge is 2.71. The minimum atomic E-state index is -1.05. The van der Waals surface area contributed by atoms with E-state index in [9.17, 15) is 4.79 Å². The second-order valence-corrected chi connectivity index (χ2v) is 5.25. The van der Waals surface area contributed by atoms with Gasteiger partial charge in [-0.25, -0.2) is 0 Å². The van der Waals surface area contributed by atoms with E-state index >= 15 is 0 Å². The number of rotatable bonds is 2. The van der Waals surface area contributed by atoms with Crippen molar-refractivity contribution in [2.24, 2.45) is 0 Å². The molecule has 1 unspecified atom stereocenters. The lowest BCUT2D eigenvalue weighted by atomic mass is 9.98. The van der Waals surface area contributed by atoms with Crippen LogP contribution in [-0.2, 0) is 10.2 Å². The molecule has 1 saturated carbocycles. The van der Waals surface area contributed by atoms with E-state index in [1.54, 1.807) is 0 Å². The van der Waals surface area contributed by atoms with Gasteiger partial charge in [-0.3, -0.25) is 4.79 Å². The van der Waals surface area contributed by atoms with Gasteiger partial charge in [-0.2, -0.15) is 0 Å². The third-order valence-electron chi connectivity index (χ3n) is 2.59. The molecule has 1 fully saturated rings. The number of carbonyl (C=O) groups is 1. The quantitative estimate of drug-likeness (QED) is 0.581. The zero-order chi connectivity index (χ0) is 10.4. The van der Waals surface area contributed by atoms with Crippen LogP contribution in [0.2, 0.25) is 0 Å². The second-order valence-electron chi connectivity index (χ2n) is 3.43. The first kappa shape index (κ1) is 10.3. The van der Waals surface area contributed by atoms with E-state index in [-0.39, 0.29) is 0 Å². The molecule has 14 heavy (non-hydrogen) atoms. The molecule has 4 heteroatoms. The Bertz CT molecular complexity index is 374. The van der Waals surface area contributed by atoms with Crippen molar-refractivity contribution < 1.29 is 4.79 Å². The van der Waals surface area contributed by atoms with Gasteiger partial charge in [0.15, 0.2) is 0 Å². The number of hydrogen-bond donors (Lipinski definition) is 0. The maximum absolute atomic E-state index is 11.3. The maximum atomic E-state index is 11.3. The monoisotopic (exact) mass is 248 g/mol. The fourth-order valence-corrected chi connectivity index (χ4v) is 2.88. The molecule has 1 atom stereocenters. The van der Waals surface area contributed by atoms with Crippen LogP contribution in [0.3, 0.4) is 0 Å². The molecule has 1 aromatic rings. The molecule has 0 radical (unpaired) electrons. The summed E-state index contributed by atoms with van der Waals surface area (Å²) in [7, 11) is 0. The molecular weight excluding hydrogens is 242 g/mol. The zero-order valence-corrected chi connectivity index (χ0v) is 9.40. The van der Waals surface area contributed by atoms with Crippen LogP contribution in [0.15, 0.2) is 30.3 Å². The summed E-state index contributed by atoms with van der Waals surface area (Å²) < 4.78 is -1.05. The van der Waals surface area contributed by atoms with Gasteiger partial charge in [0.1, 0.15) is 9.75 Å². The average Bonchev–Trinajstić information content (AvgIpc) is 2.72. The fraction of sp³-hybridized carbons (Fsp3) is 0.300. The Morgan fingerprint density at radius 2 is 1.71 bits per heavy atom. The lowest BCUT2D eigenvalue weighted by Crippen LogP contribution is -2.22. The molecule has 1 aliphatic carbocycles. The minimum absolute atomic E-state index is 0.384. The Kier molecular flexibility index (Phi) is 2.30. The first-order chi connectivity index (χ1) is 6.51. The van der Waals surface area contributed by atoms with Crippen LogP contribution in [0.4, 0.5) is 0 Å². The Balaban J connectivity index is 2.47. The molecule has 1 aliphatic rings. The van der Waals surface area contributed by atoms with Gasteiger partial charge < -0.3 is 0 Å². The molecule has 0 amide bonds. The Labute approximate surface area is 97.0 Å². The van der Waals surface area contributed by atoms with Gasteiger partial charge in [0.2, 0.25) is 5.24 Å². The van der Waals surface area contributed by atoms with Gasteiger partial charge in [-0.05, 0) is 17.2 Å². The lowest BCUT2D eigenvalue weighted by Gasteiger charge is -2.12. The van der Waals surface area contributed by atoms with Crippen LogP contribution in [0, 0.1) is 0 Å². The maximum Gasteiger partial charge on any atom is 0.235 e. The minimum Gasteiger partial charge on any atom is -0.280 e. The summed E-state index contributed by atoms with van der Waals surface area (Å²) in [5, 5.41) is -0.492. The van der Waals surface area contributed by atoms with Gasteiger partial charge in [0.05, 0.1) is 0 Å². The fourth-order valence-electron chi connectivity index (χ4n) is 1.65. The van der Waals surface area contributed by atoms with Crippen molar-refractivity contribution in [1.29, 1.82) is 0 Å². The van der Waals surface area contributed by atoms with Crippen molar-refractivity contribution in [3.05, 3.63) is 35.9 Å². The van der Waals surface area contributed by atoms with Crippen molar-refractivity contribution in [3.8, 4) is 0 Å². The van der Waals surface area contributed by atoms with Crippen LogP contribution >= 0.6 is 34.8 Å². The van der Waals surface area contributed by atoms with Crippen LogP contribution in [-0.4, -0.2) is 9.58 Å². The summed E-state index contributed by atoms with van der Waals surface area (Å²) in [6.45, 7) is 0. The smallest absolute Gasteiger partial charge is 0.235 e. The number of halogens is 3. The van der Waals surface area contributed by atoms with Gasteiger partial charge in [-0.1, -0.05) is 30.3 Å². The Morgan fingerprint density at radius 3 is 2.07 bits per heavy atom. The summed E-state index contributed by atoms with van der Waals surface area (Å²) in [5.74, 6) is 0. The standard InChI is InChI=1S/C10H7Cl3O/c11-8(14)9(6-10(9,12)13)7-4-2-1-3-5-7/h1-5H,6H2. The van der Waals surface area contributed by atoms with E-state index in [0.29, 0.717) is 6.42 Å². The van der Waals surface area contributed by atoms with Gasteiger partial charge >= 0.3 is 0 Å². The molecule has 1 aromatic carbocycles. The van der Waals surface area contributed by atoms with Crippen molar-refractivity contribution in [3.63, 3.8) is 0 Å². The third-order valence-corrected chi connectivity index (χ3v) is 3.82. The molecule has 0 spiro atoms. The van der Waals surface area contributed by atoms with Gasteiger partial charge in [-0.15, -0.1) is 23.2 Å². The molecule has 0 bridgehead atoms. The summed E-state index contributed by atoms with van der Waals surface area (Å²) in [6, 6.07) is 9.15. The molecule has 0 heterocycles. The van der Waals surface area contributed by atoms with E-state index in [2.05, 4.69) is 0 Å². The highest BCUT2D eigenvalue weighted by molar-refractivity contribution is 6.70. The normalized spacial score (nSPS) is 28.5. The van der Waals surface area contributed by atoms with Crippen molar-refractivity contribution in [2.75, 3.05) is 0 Å². The van der Waals surface area contributed by atoms with Crippen molar-refractivity contribution in [2.45, 2.75) is 16.2 Å². The van der Waals surface area contributed by atoms with Gasteiger partial charge in [0.25, 0.3) is 0 Å². The number of carbonyl (C=O) groups excluding carboxylic acids is 1. The molecule has 0 saturated heterocycles. The van der Waals surface area contributed by atoms with E-state index in [0.717, 1.165) is 5.56 Å². The summed E-state index contributed by atoms with van der Waals surface area (Å²) >= 11 is 17.5. The van der Waals surface area contributed by atoms with E-state index in [1.165, 1.54) is 0 Å². The molecule has 1 nitrogen and oxygen atoms in total. The largest absolute Gasteiger partial charge is 0.280 e. The summed E-state index contributed by atoms with van der Waals surface area (Å²) in [5.41, 5.74) is -0.121. The Morgan fingerprint density at radius 1 is 1.21 bits per heavy atom. The lowest BCUT2D eigenvalue weighted by molar-refractivity contribution is -0.113. The number of benzene rings is 1. The van der Waals surface area contributed by atoms with Crippen molar-refractivity contribution in [1.82, 2.24) is 0 Å². The molecular formula is C10H7Cl3O. The van der Waals surface area contributed by atoms with E-state index in [4.69, 9.17) is 34.8 Å².